The van der Waals surface area contributed by atoms with E-state index in [1.807, 2.05) is 86.6 Å². The van der Waals surface area contributed by atoms with E-state index in [1.54, 1.807) is 11.3 Å². The molecule has 0 saturated carbocycles. The number of hydrogen-bond donors (Lipinski definition) is 3. The van der Waals surface area contributed by atoms with E-state index < -0.39 is 29.6 Å². The van der Waals surface area contributed by atoms with Gasteiger partial charge < -0.3 is 30.2 Å². The number of aliphatic hydroxyl groups is 2. The zero-order chi connectivity index (χ0) is 51.5. The van der Waals surface area contributed by atoms with Crippen LogP contribution in [0.5, 0.6) is 0 Å². The van der Waals surface area contributed by atoms with Gasteiger partial charge in [-0.05, 0) is 79.2 Å². The summed E-state index contributed by atoms with van der Waals surface area (Å²) in [4.78, 5) is 88.0. The number of carbonyl (C=O) groups excluding carboxylic acids is 5. The van der Waals surface area contributed by atoms with E-state index >= 15 is 0 Å². The largest absolute Gasteiger partial charge is 0.391 e. The molecule has 7 rings (SSSR count). The van der Waals surface area contributed by atoms with E-state index in [9.17, 15) is 34.2 Å². The smallest absolute Gasteiger partial charge is 0.243 e. The highest BCUT2D eigenvalue weighted by Crippen LogP contribution is 2.43. The van der Waals surface area contributed by atoms with Crippen molar-refractivity contribution in [2.24, 2.45) is 11.3 Å². The second-order valence-electron chi connectivity index (χ2n) is 21.4. The number of hydrogen-bond acceptors (Lipinski definition) is 12. The number of Topliss-reactive ketones (excluding diaryl/α,β-unsaturated/α-hetero) is 2. The molecular formula is C56H74ClN7O7S. The van der Waals surface area contributed by atoms with E-state index in [0.717, 1.165) is 70.7 Å². The Kier molecular flexibility index (Phi) is 19.2. The van der Waals surface area contributed by atoms with Gasteiger partial charge in [0.15, 0.2) is 0 Å². The number of likely N-dealkylation sites (tertiary alicyclic amines) is 1. The van der Waals surface area contributed by atoms with Crippen molar-refractivity contribution in [3.63, 3.8) is 0 Å². The average Bonchev–Trinajstić information content (AvgIpc) is 4.07. The van der Waals surface area contributed by atoms with Crippen LogP contribution in [0.4, 0.5) is 5.82 Å². The van der Waals surface area contributed by atoms with Gasteiger partial charge in [-0.15, -0.1) is 11.3 Å². The minimum Gasteiger partial charge on any atom is -0.391 e. The van der Waals surface area contributed by atoms with E-state index in [2.05, 4.69) is 32.1 Å². The number of aliphatic hydroxyl groups excluding tert-OH is 2. The van der Waals surface area contributed by atoms with Crippen LogP contribution >= 0.6 is 22.9 Å². The van der Waals surface area contributed by atoms with Gasteiger partial charge in [-0.2, -0.15) is 0 Å². The molecule has 3 N–H and O–H groups in total. The Bertz CT molecular complexity index is 2490. The first-order valence-electron chi connectivity index (χ1n) is 26.1. The maximum atomic E-state index is 14.1. The summed E-state index contributed by atoms with van der Waals surface area (Å²) in [5.41, 5.74) is 6.88. The average molecular weight is 1020 g/mol. The fourth-order valence-electron chi connectivity index (χ4n) is 10.7. The normalized spacial score (nSPS) is 19.8. The van der Waals surface area contributed by atoms with Crippen molar-refractivity contribution in [1.82, 2.24) is 30.1 Å². The predicted molar refractivity (Wildman–Crippen MR) is 282 cm³/mol. The molecule has 2 fully saturated rings. The lowest BCUT2D eigenvalue weighted by atomic mass is 9.76. The molecule has 2 aromatic heterocycles. The molecule has 4 aromatic rings. The number of benzene rings is 2. The molecule has 16 heteroatoms. The Hall–Kier alpha value is -5.09. The molecule has 0 spiro atoms. The number of amides is 3. The fourth-order valence-corrected chi connectivity index (χ4v) is 11.6. The third kappa shape index (κ3) is 14.1. The highest BCUT2D eigenvalue weighted by molar-refractivity contribution is 7.13. The van der Waals surface area contributed by atoms with Gasteiger partial charge >= 0.3 is 0 Å². The fraction of sp³-hybridized carbons (Fsp3) is 0.571. The molecular weight excluding hydrogens is 950 g/mol. The molecule has 0 unspecified atom stereocenters. The van der Waals surface area contributed by atoms with Gasteiger partial charge in [0.05, 0.1) is 39.9 Å². The number of anilines is 1. The van der Waals surface area contributed by atoms with Crippen molar-refractivity contribution in [3.8, 4) is 10.4 Å². The van der Waals surface area contributed by atoms with Crippen molar-refractivity contribution >= 4 is 58.0 Å². The maximum absolute atomic E-state index is 14.1. The number of carbonyl (C=O) groups is 5. The lowest BCUT2D eigenvalue weighted by Gasteiger charge is -2.38. The molecule has 72 heavy (non-hydrogen) atoms. The molecule has 2 aliphatic heterocycles. The van der Waals surface area contributed by atoms with Crippen molar-refractivity contribution in [3.05, 3.63) is 93.5 Å². The molecule has 3 aliphatic rings. The summed E-state index contributed by atoms with van der Waals surface area (Å²) in [7, 11) is 0. The van der Waals surface area contributed by atoms with Crippen molar-refractivity contribution in [1.29, 1.82) is 0 Å². The number of thiazole rings is 1. The summed E-state index contributed by atoms with van der Waals surface area (Å²) in [5, 5.41) is 24.7. The highest BCUT2D eigenvalue weighted by atomic mass is 35.5. The number of piperazine rings is 1. The van der Waals surface area contributed by atoms with Crippen LogP contribution in [0, 0.1) is 18.3 Å². The van der Waals surface area contributed by atoms with Crippen LogP contribution in [0.15, 0.2) is 60.4 Å². The van der Waals surface area contributed by atoms with Crippen molar-refractivity contribution in [2.45, 2.75) is 161 Å². The molecule has 14 nitrogen and oxygen atoms in total. The molecule has 388 valence electrons. The number of β-amino-alcohol motifs (C(OH)–C–C–N with tert-alkyl or cyclic N) is 1. The number of halogens is 1. The van der Waals surface area contributed by atoms with Gasteiger partial charge in [0.25, 0.3) is 0 Å². The summed E-state index contributed by atoms with van der Waals surface area (Å²) in [5.74, 6) is -0.223. The molecule has 6 atom stereocenters. The summed E-state index contributed by atoms with van der Waals surface area (Å²) in [6, 6.07) is 14.6. The topological polar surface area (TPSA) is 186 Å². The molecule has 2 aromatic carbocycles. The summed E-state index contributed by atoms with van der Waals surface area (Å²) >= 11 is 7.81. The summed E-state index contributed by atoms with van der Waals surface area (Å²) < 4.78 is 0. The highest BCUT2D eigenvalue weighted by Gasteiger charge is 2.44. The van der Waals surface area contributed by atoms with Gasteiger partial charge in [-0.1, -0.05) is 101 Å². The Morgan fingerprint density at radius 1 is 0.806 bits per heavy atom. The van der Waals surface area contributed by atoms with Crippen LogP contribution in [0.25, 0.3) is 10.4 Å². The minimum atomic E-state index is -0.826. The zero-order valence-electron chi connectivity index (χ0n) is 42.8. The van der Waals surface area contributed by atoms with Crippen LogP contribution in [0.3, 0.4) is 0 Å². The first kappa shape index (κ1) is 54.7. The SMILES string of the molecule is Cc1ncsc1-c1ccc(CNC(=O)[C@@H]2C[C@@H](O)CN2C(=O)[C@@H](CC(=O)CCCCCCCC(=O)CCCC[C@@H](C(=O)N2CCN(c3ncnc4c3[C@H](C)C[C@H]4O)CC2)c2ccc(Cl)cc2)C(C)(C)C)cc1. The van der Waals surface area contributed by atoms with Gasteiger partial charge in [-0.25, -0.2) is 15.0 Å². The first-order chi connectivity index (χ1) is 34.5. The van der Waals surface area contributed by atoms with E-state index in [4.69, 9.17) is 11.6 Å². The maximum Gasteiger partial charge on any atom is 0.243 e. The monoisotopic (exact) mass is 1020 g/mol. The number of nitrogens with one attached hydrogen (secondary N) is 1. The summed E-state index contributed by atoms with van der Waals surface area (Å²) in [6.45, 7) is 12.6. The van der Waals surface area contributed by atoms with Crippen LogP contribution in [0.1, 0.15) is 164 Å². The molecule has 0 bridgehead atoms. The number of aryl methyl sites for hydroxylation is 1. The second-order valence-corrected chi connectivity index (χ2v) is 22.6. The number of aromatic nitrogens is 3. The molecule has 1 aliphatic carbocycles. The van der Waals surface area contributed by atoms with Crippen LogP contribution in [-0.4, -0.2) is 109 Å². The van der Waals surface area contributed by atoms with Crippen molar-refractivity contribution < 1.29 is 34.2 Å². The van der Waals surface area contributed by atoms with E-state index in [0.29, 0.717) is 81.8 Å². The summed E-state index contributed by atoms with van der Waals surface area (Å²) in [6.07, 6.45) is 8.56. The molecule has 2 saturated heterocycles. The first-order valence-corrected chi connectivity index (χ1v) is 27.3. The van der Waals surface area contributed by atoms with Gasteiger partial charge in [0.2, 0.25) is 17.7 Å². The number of fused-ring (bicyclic) bond motifs is 1. The predicted octanol–water partition coefficient (Wildman–Crippen LogP) is 9.29. The third-order valence-corrected chi connectivity index (χ3v) is 16.1. The number of ketones is 2. The Balaban J connectivity index is 0.787. The van der Waals surface area contributed by atoms with Crippen LogP contribution < -0.4 is 10.2 Å². The number of nitrogens with zero attached hydrogens (tertiary/aromatic N) is 6. The minimum absolute atomic E-state index is 0.0110. The molecule has 0 radical (unpaired) electrons. The van der Waals surface area contributed by atoms with Gasteiger partial charge in [0.1, 0.15) is 29.8 Å². The lowest BCUT2D eigenvalue weighted by Crippen LogP contribution is -2.50. The van der Waals surface area contributed by atoms with Crippen LogP contribution in [0.2, 0.25) is 5.02 Å². The third-order valence-electron chi connectivity index (χ3n) is 14.9. The van der Waals surface area contributed by atoms with Crippen molar-refractivity contribution in [2.75, 3.05) is 37.6 Å². The van der Waals surface area contributed by atoms with Gasteiger partial charge in [0, 0.05) is 87.9 Å². The lowest BCUT2D eigenvalue weighted by molar-refractivity contribution is -0.146. The van der Waals surface area contributed by atoms with E-state index in [1.165, 1.54) is 11.2 Å². The second kappa shape index (κ2) is 25.2. The quantitative estimate of drug-likeness (QED) is 0.0602. The Morgan fingerprint density at radius 2 is 1.46 bits per heavy atom. The number of unbranched alkanes of at least 4 members (excludes halogenated alkanes) is 5. The van der Waals surface area contributed by atoms with E-state index in [-0.39, 0.29) is 67.1 Å². The zero-order valence-corrected chi connectivity index (χ0v) is 44.4. The standard InChI is InChI=1S/C56H74ClN7O7S/c1-36-29-48(68)50-49(36)52(60-34-59-50)62-25-27-63(28-26-62)54(70)45(39-21-23-41(57)24-22-39)16-12-11-14-42(65)13-9-7-6-8-10-15-43(66)30-46(56(3,4)5)55(71)64-33-44(67)31-47(64)53(69)58-32-38-17-19-40(20-18-38)51-37(2)61-35-72-51/h17-24,34-36,44-48,67-68H,6-16,25-33H2,1-5H3,(H,58,69)/t36-,44-,45-,46-,47+,48-/m1/s1. The molecule has 4 heterocycles. The van der Waals surface area contributed by atoms with Gasteiger partial charge in [-0.3, -0.25) is 24.0 Å². The Morgan fingerprint density at radius 3 is 2.11 bits per heavy atom. The number of rotatable bonds is 23. The molecule has 3 amide bonds. The van der Waals surface area contributed by atoms with Crippen LogP contribution in [-0.2, 0) is 30.5 Å². The Labute approximate surface area is 434 Å².